The van der Waals surface area contributed by atoms with Crippen molar-refractivity contribution in [3.05, 3.63) is 29.6 Å². The number of nitrogens with one attached hydrogen (secondary N) is 1. The van der Waals surface area contributed by atoms with Gasteiger partial charge in [0, 0.05) is 38.0 Å². The number of alkyl carbamates (subject to hydrolysis) is 1. The molecule has 7 nitrogen and oxygen atoms in total. The van der Waals surface area contributed by atoms with Gasteiger partial charge in [-0.1, -0.05) is 19.6 Å². The zero-order valence-electron chi connectivity index (χ0n) is 19.5. The van der Waals surface area contributed by atoms with Gasteiger partial charge in [0.25, 0.3) is 0 Å². The zero-order chi connectivity index (χ0) is 22.6. The third-order valence-electron chi connectivity index (χ3n) is 5.76. The standard InChI is InChI=1S/C23H37N3O4Si/c1-16(2)25-23(28)30-21-7-6-17(12-21)19-10-18-11-20(14-27)26(22(18)24-13-19)15-29-8-9-31(3,4)5/h10-11,13,16-17,21,27H,6-9,12,14-15H2,1-5H3,(H,25,28). The molecule has 0 aromatic carbocycles. The molecule has 0 spiro atoms. The molecule has 1 saturated carbocycles. The molecule has 1 aliphatic carbocycles. The fourth-order valence-corrected chi connectivity index (χ4v) is 4.78. The molecule has 1 aliphatic rings. The van der Waals surface area contributed by atoms with Crippen molar-refractivity contribution in [3.8, 4) is 0 Å². The number of carbonyl (C=O) groups is 1. The van der Waals surface area contributed by atoms with Crippen LogP contribution in [0.15, 0.2) is 18.3 Å². The summed E-state index contributed by atoms with van der Waals surface area (Å²) in [5.41, 5.74) is 2.80. The highest BCUT2D eigenvalue weighted by molar-refractivity contribution is 6.76. The number of aliphatic hydroxyl groups is 1. The van der Waals surface area contributed by atoms with Crippen LogP contribution in [0.3, 0.4) is 0 Å². The molecule has 2 atom stereocenters. The van der Waals surface area contributed by atoms with Gasteiger partial charge in [0.15, 0.2) is 0 Å². The second-order valence-corrected chi connectivity index (χ2v) is 15.7. The Morgan fingerprint density at radius 1 is 1.32 bits per heavy atom. The van der Waals surface area contributed by atoms with Crippen molar-refractivity contribution in [1.82, 2.24) is 14.9 Å². The molecule has 8 heteroatoms. The lowest BCUT2D eigenvalue weighted by molar-refractivity contribution is 0.0850. The van der Waals surface area contributed by atoms with E-state index in [4.69, 9.17) is 14.5 Å². The maximum absolute atomic E-state index is 11.9. The second kappa shape index (κ2) is 10.1. The van der Waals surface area contributed by atoms with E-state index in [1.807, 2.05) is 30.7 Å². The molecule has 2 unspecified atom stereocenters. The van der Waals surface area contributed by atoms with E-state index in [0.717, 1.165) is 54.2 Å². The Labute approximate surface area is 186 Å². The predicted octanol–water partition coefficient (Wildman–Crippen LogP) is 4.61. The van der Waals surface area contributed by atoms with Crippen LogP contribution in [-0.2, 0) is 22.8 Å². The molecule has 31 heavy (non-hydrogen) atoms. The summed E-state index contributed by atoms with van der Waals surface area (Å²) >= 11 is 0. The molecule has 2 aromatic rings. The molecule has 2 aromatic heterocycles. The van der Waals surface area contributed by atoms with E-state index in [1.165, 1.54) is 0 Å². The maximum Gasteiger partial charge on any atom is 0.407 e. The Morgan fingerprint density at radius 2 is 2.10 bits per heavy atom. The fourth-order valence-electron chi connectivity index (χ4n) is 4.02. The van der Waals surface area contributed by atoms with Crippen LogP contribution in [-0.4, -0.2) is 47.6 Å². The van der Waals surface area contributed by atoms with Crippen molar-refractivity contribution < 1.29 is 19.4 Å². The van der Waals surface area contributed by atoms with E-state index in [1.54, 1.807) is 0 Å². The van der Waals surface area contributed by atoms with E-state index in [9.17, 15) is 9.90 Å². The van der Waals surface area contributed by atoms with Crippen LogP contribution in [0.4, 0.5) is 4.79 Å². The molecule has 2 heterocycles. The normalized spacial score (nSPS) is 19.3. The van der Waals surface area contributed by atoms with Crippen LogP contribution in [0.1, 0.15) is 50.3 Å². The van der Waals surface area contributed by atoms with Gasteiger partial charge >= 0.3 is 6.09 Å². The Bertz CT molecular complexity index is 891. The van der Waals surface area contributed by atoms with Crippen molar-refractivity contribution in [2.24, 2.45) is 0 Å². The highest BCUT2D eigenvalue weighted by atomic mass is 28.3. The lowest BCUT2D eigenvalue weighted by Gasteiger charge is -2.16. The van der Waals surface area contributed by atoms with Crippen LogP contribution in [0.5, 0.6) is 0 Å². The van der Waals surface area contributed by atoms with Gasteiger partial charge < -0.3 is 24.5 Å². The summed E-state index contributed by atoms with van der Waals surface area (Å²) in [6.45, 7) is 11.9. The zero-order valence-corrected chi connectivity index (χ0v) is 20.5. The van der Waals surface area contributed by atoms with E-state index >= 15 is 0 Å². The third kappa shape index (κ3) is 6.54. The Morgan fingerprint density at radius 3 is 2.77 bits per heavy atom. The van der Waals surface area contributed by atoms with E-state index in [2.05, 4.69) is 31.0 Å². The lowest BCUT2D eigenvalue weighted by Crippen LogP contribution is -2.33. The summed E-state index contributed by atoms with van der Waals surface area (Å²) in [6.07, 6.45) is 4.17. The molecule has 1 fully saturated rings. The summed E-state index contributed by atoms with van der Waals surface area (Å²) in [5, 5.41) is 13.6. The molecule has 2 N–H and O–H groups in total. The van der Waals surface area contributed by atoms with Crippen LogP contribution in [0.25, 0.3) is 11.0 Å². The number of carbonyl (C=O) groups excluding carboxylic acids is 1. The molecule has 0 bridgehead atoms. The maximum atomic E-state index is 11.9. The van der Waals surface area contributed by atoms with E-state index < -0.39 is 8.07 Å². The van der Waals surface area contributed by atoms with Crippen molar-refractivity contribution >= 4 is 25.2 Å². The highest BCUT2D eigenvalue weighted by Gasteiger charge is 2.29. The summed E-state index contributed by atoms with van der Waals surface area (Å²) in [4.78, 5) is 16.6. The minimum atomic E-state index is -1.14. The third-order valence-corrected chi connectivity index (χ3v) is 7.46. The second-order valence-electron chi connectivity index (χ2n) is 10.1. The Balaban J connectivity index is 1.66. The predicted molar refractivity (Wildman–Crippen MR) is 125 cm³/mol. The number of aliphatic hydroxyl groups excluding tert-OH is 1. The SMILES string of the molecule is CC(C)NC(=O)OC1CCC(c2cnc3c(c2)cc(CO)n3COCC[Si](C)(C)C)C1. The fraction of sp³-hybridized carbons (Fsp3) is 0.652. The van der Waals surface area contributed by atoms with Crippen molar-refractivity contribution in [2.45, 2.75) is 90.2 Å². The number of ether oxygens (including phenoxy) is 2. The van der Waals surface area contributed by atoms with Gasteiger partial charge in [-0.2, -0.15) is 0 Å². The number of hydrogen-bond donors (Lipinski definition) is 2. The first-order valence-corrected chi connectivity index (χ1v) is 15.0. The molecule has 172 valence electrons. The van der Waals surface area contributed by atoms with Gasteiger partial charge in [0.1, 0.15) is 18.5 Å². The number of rotatable bonds is 9. The summed E-state index contributed by atoms with van der Waals surface area (Å²) in [7, 11) is -1.14. The van der Waals surface area contributed by atoms with Gasteiger partial charge in [-0.15, -0.1) is 0 Å². The van der Waals surface area contributed by atoms with E-state index in [0.29, 0.717) is 12.6 Å². The number of hydrogen-bond acceptors (Lipinski definition) is 5. The largest absolute Gasteiger partial charge is 0.446 e. The number of pyridine rings is 1. The van der Waals surface area contributed by atoms with E-state index in [-0.39, 0.29) is 24.8 Å². The summed E-state index contributed by atoms with van der Waals surface area (Å²) in [6, 6.07) is 5.33. The molecular formula is C23H37N3O4Si. The van der Waals surface area contributed by atoms with Crippen molar-refractivity contribution in [3.63, 3.8) is 0 Å². The van der Waals surface area contributed by atoms with Crippen molar-refractivity contribution in [2.75, 3.05) is 6.61 Å². The quantitative estimate of drug-likeness (QED) is 0.433. The highest BCUT2D eigenvalue weighted by Crippen LogP contribution is 2.37. The minimum absolute atomic E-state index is 0.0482. The van der Waals surface area contributed by atoms with Gasteiger partial charge in [-0.25, -0.2) is 9.78 Å². The van der Waals surface area contributed by atoms with Gasteiger partial charge in [-0.3, -0.25) is 0 Å². The topological polar surface area (TPSA) is 85.6 Å². The van der Waals surface area contributed by atoms with Gasteiger partial charge in [0.2, 0.25) is 0 Å². The smallest absolute Gasteiger partial charge is 0.407 e. The minimum Gasteiger partial charge on any atom is -0.446 e. The van der Waals surface area contributed by atoms with Crippen LogP contribution < -0.4 is 5.32 Å². The summed E-state index contributed by atoms with van der Waals surface area (Å²) in [5.74, 6) is 0.322. The molecule has 3 rings (SSSR count). The monoisotopic (exact) mass is 447 g/mol. The number of amides is 1. The molecular weight excluding hydrogens is 410 g/mol. The first kappa shape index (κ1) is 23.8. The number of nitrogens with zero attached hydrogens (tertiary/aromatic N) is 2. The molecule has 0 aliphatic heterocycles. The van der Waals surface area contributed by atoms with Gasteiger partial charge in [-0.05, 0) is 62.8 Å². The first-order chi connectivity index (χ1) is 14.7. The average Bonchev–Trinajstić information content (AvgIpc) is 3.27. The van der Waals surface area contributed by atoms with Crippen LogP contribution >= 0.6 is 0 Å². The van der Waals surface area contributed by atoms with Crippen molar-refractivity contribution in [1.29, 1.82) is 0 Å². The number of fused-ring (bicyclic) bond motifs is 1. The Kier molecular flexibility index (Phi) is 7.77. The van der Waals surface area contributed by atoms with Crippen LogP contribution in [0, 0.1) is 0 Å². The molecule has 0 radical (unpaired) electrons. The van der Waals surface area contributed by atoms with Crippen LogP contribution in [0.2, 0.25) is 25.7 Å². The molecule has 0 saturated heterocycles. The molecule has 1 amide bonds. The lowest BCUT2D eigenvalue weighted by atomic mass is 9.99. The Hall–Kier alpha value is -1.90. The number of aromatic nitrogens is 2. The summed E-state index contributed by atoms with van der Waals surface area (Å²) < 4.78 is 13.4. The average molecular weight is 448 g/mol. The first-order valence-electron chi connectivity index (χ1n) is 11.3. The van der Waals surface area contributed by atoms with Gasteiger partial charge in [0.05, 0.1) is 6.61 Å².